The molecule has 160 valence electrons. The average molecular weight is 404 g/mol. The fourth-order valence-corrected chi connectivity index (χ4v) is 3.65. The van der Waals surface area contributed by atoms with Crippen molar-refractivity contribution in [2.75, 3.05) is 39.2 Å². The molecular formula is C22H33N3O4. The molecule has 7 nitrogen and oxygen atoms in total. The Morgan fingerprint density at radius 3 is 2.72 bits per heavy atom. The van der Waals surface area contributed by atoms with Crippen LogP contribution in [-0.2, 0) is 9.53 Å². The van der Waals surface area contributed by atoms with Gasteiger partial charge in [-0.2, -0.15) is 0 Å². The fourth-order valence-electron chi connectivity index (χ4n) is 3.65. The van der Waals surface area contributed by atoms with E-state index in [0.717, 1.165) is 25.8 Å². The van der Waals surface area contributed by atoms with Gasteiger partial charge in [-0.25, -0.2) is 0 Å². The summed E-state index contributed by atoms with van der Waals surface area (Å²) in [4.78, 5) is 27.0. The minimum atomic E-state index is -0.118. The maximum atomic E-state index is 13.1. The molecule has 1 aliphatic carbocycles. The Hall–Kier alpha value is -2.12. The van der Waals surface area contributed by atoms with Crippen molar-refractivity contribution in [3.05, 3.63) is 23.8 Å². The molecule has 1 aromatic rings. The number of ether oxygens (including phenoxy) is 2. The molecule has 3 rings (SSSR count). The van der Waals surface area contributed by atoms with Gasteiger partial charge in [-0.05, 0) is 37.8 Å². The van der Waals surface area contributed by atoms with Crippen LogP contribution in [0.4, 0.5) is 5.69 Å². The Labute approximate surface area is 173 Å². The van der Waals surface area contributed by atoms with Crippen LogP contribution in [0.5, 0.6) is 5.75 Å². The minimum Gasteiger partial charge on any atom is -0.491 e. The lowest BCUT2D eigenvalue weighted by Crippen LogP contribution is -2.44. The molecule has 0 aromatic heterocycles. The molecule has 0 unspecified atom stereocenters. The Morgan fingerprint density at radius 1 is 1.31 bits per heavy atom. The SMILES string of the molecule is CO[C@@H]1CN(C)C(=O)c2ccc(NC(=O)C3CCC3)cc2OC[C@H](C)NC[C@@H]1C. The van der Waals surface area contributed by atoms with Gasteiger partial charge in [-0.15, -0.1) is 0 Å². The molecule has 2 aliphatic rings. The van der Waals surface area contributed by atoms with E-state index >= 15 is 0 Å². The standard InChI is InChI=1S/C22H33N3O4/c1-14-11-23-15(2)13-29-19-10-17(24-21(26)16-6-5-7-16)8-9-18(19)22(27)25(3)12-20(14)28-4/h8-10,14-16,20,23H,5-7,11-13H2,1-4H3,(H,24,26)/t14-,15-,20+/m0/s1. The molecule has 1 aliphatic heterocycles. The van der Waals surface area contributed by atoms with Gasteiger partial charge in [0.15, 0.2) is 0 Å². The molecule has 1 saturated carbocycles. The predicted octanol–water partition coefficient (Wildman–Crippen LogP) is 2.52. The zero-order valence-corrected chi connectivity index (χ0v) is 17.9. The first-order valence-corrected chi connectivity index (χ1v) is 10.5. The molecule has 3 atom stereocenters. The molecule has 2 amide bonds. The summed E-state index contributed by atoms with van der Waals surface area (Å²) in [7, 11) is 3.46. The van der Waals surface area contributed by atoms with Gasteiger partial charge in [-0.3, -0.25) is 9.59 Å². The summed E-state index contributed by atoms with van der Waals surface area (Å²) in [6, 6.07) is 5.38. The molecule has 0 radical (unpaired) electrons. The molecule has 7 heteroatoms. The fraction of sp³-hybridized carbons (Fsp3) is 0.636. The van der Waals surface area contributed by atoms with E-state index in [1.165, 1.54) is 0 Å². The zero-order chi connectivity index (χ0) is 21.0. The number of nitrogens with one attached hydrogen (secondary N) is 2. The van der Waals surface area contributed by atoms with Crippen LogP contribution in [-0.4, -0.2) is 62.7 Å². The van der Waals surface area contributed by atoms with E-state index in [9.17, 15) is 9.59 Å². The number of carbonyl (C=O) groups is 2. The Kier molecular flexibility index (Phi) is 7.14. The average Bonchev–Trinajstić information content (AvgIpc) is 2.65. The van der Waals surface area contributed by atoms with Crippen LogP contribution >= 0.6 is 0 Å². The third-order valence-corrected chi connectivity index (χ3v) is 5.97. The van der Waals surface area contributed by atoms with Gasteiger partial charge in [-0.1, -0.05) is 13.3 Å². The van der Waals surface area contributed by atoms with Gasteiger partial charge in [0.05, 0.1) is 11.7 Å². The van der Waals surface area contributed by atoms with Crippen LogP contribution in [0.3, 0.4) is 0 Å². The summed E-state index contributed by atoms with van der Waals surface area (Å²) in [6.07, 6.45) is 2.93. The summed E-state index contributed by atoms with van der Waals surface area (Å²) in [6.45, 7) is 5.86. The number of hydrogen-bond donors (Lipinski definition) is 2. The number of rotatable bonds is 3. The maximum Gasteiger partial charge on any atom is 0.257 e. The van der Waals surface area contributed by atoms with E-state index in [0.29, 0.717) is 30.2 Å². The van der Waals surface area contributed by atoms with Crippen molar-refractivity contribution >= 4 is 17.5 Å². The quantitative estimate of drug-likeness (QED) is 0.811. The Morgan fingerprint density at radius 2 is 2.07 bits per heavy atom. The molecule has 1 heterocycles. The Balaban J connectivity index is 1.84. The predicted molar refractivity (Wildman–Crippen MR) is 112 cm³/mol. The van der Waals surface area contributed by atoms with Crippen molar-refractivity contribution in [2.24, 2.45) is 11.8 Å². The lowest BCUT2D eigenvalue weighted by Gasteiger charge is -2.30. The van der Waals surface area contributed by atoms with Gasteiger partial charge in [0, 0.05) is 51.0 Å². The number of likely N-dealkylation sites (N-methyl/N-ethyl adjacent to an activating group) is 1. The van der Waals surface area contributed by atoms with Gasteiger partial charge >= 0.3 is 0 Å². The monoisotopic (exact) mass is 403 g/mol. The zero-order valence-electron chi connectivity index (χ0n) is 17.9. The lowest BCUT2D eigenvalue weighted by atomic mass is 9.85. The van der Waals surface area contributed by atoms with E-state index in [1.54, 1.807) is 37.3 Å². The lowest BCUT2D eigenvalue weighted by molar-refractivity contribution is -0.122. The third kappa shape index (κ3) is 5.28. The molecule has 1 fully saturated rings. The van der Waals surface area contributed by atoms with Crippen LogP contribution in [0.2, 0.25) is 0 Å². The van der Waals surface area contributed by atoms with Crippen LogP contribution in [0.25, 0.3) is 0 Å². The third-order valence-electron chi connectivity index (χ3n) is 5.97. The number of anilines is 1. The normalized spacial score (nSPS) is 26.4. The highest BCUT2D eigenvalue weighted by atomic mass is 16.5. The maximum absolute atomic E-state index is 13.1. The molecule has 2 N–H and O–H groups in total. The highest BCUT2D eigenvalue weighted by molar-refractivity contribution is 5.99. The number of benzene rings is 1. The summed E-state index contributed by atoms with van der Waals surface area (Å²) in [5.41, 5.74) is 1.15. The number of carbonyl (C=O) groups excluding carboxylic acids is 2. The first-order chi connectivity index (χ1) is 13.9. The first-order valence-electron chi connectivity index (χ1n) is 10.5. The molecule has 0 spiro atoms. The van der Waals surface area contributed by atoms with Crippen LogP contribution in [0, 0.1) is 11.8 Å². The van der Waals surface area contributed by atoms with Crippen molar-refractivity contribution in [2.45, 2.75) is 45.3 Å². The summed E-state index contributed by atoms with van der Waals surface area (Å²) in [5, 5.41) is 6.43. The molecular weight excluding hydrogens is 370 g/mol. The van der Waals surface area contributed by atoms with Crippen molar-refractivity contribution in [1.82, 2.24) is 10.2 Å². The van der Waals surface area contributed by atoms with Crippen molar-refractivity contribution in [3.8, 4) is 5.75 Å². The van der Waals surface area contributed by atoms with E-state index in [2.05, 4.69) is 24.5 Å². The van der Waals surface area contributed by atoms with Gasteiger partial charge in [0.2, 0.25) is 5.91 Å². The first kappa shape index (κ1) is 21.6. The van der Waals surface area contributed by atoms with Gasteiger partial charge < -0.3 is 25.0 Å². The number of methoxy groups -OCH3 is 1. The van der Waals surface area contributed by atoms with Crippen LogP contribution in [0.1, 0.15) is 43.5 Å². The summed E-state index contributed by atoms with van der Waals surface area (Å²) < 4.78 is 11.6. The van der Waals surface area contributed by atoms with Crippen LogP contribution < -0.4 is 15.4 Å². The highest BCUT2D eigenvalue weighted by Crippen LogP contribution is 2.30. The van der Waals surface area contributed by atoms with E-state index in [4.69, 9.17) is 9.47 Å². The van der Waals surface area contributed by atoms with E-state index in [-0.39, 0.29) is 35.8 Å². The number of hydrogen-bond acceptors (Lipinski definition) is 5. The number of fused-ring (bicyclic) bond motifs is 1. The summed E-state index contributed by atoms with van der Waals surface area (Å²) in [5.74, 6) is 0.763. The summed E-state index contributed by atoms with van der Waals surface area (Å²) >= 11 is 0. The second-order valence-electron chi connectivity index (χ2n) is 8.39. The largest absolute Gasteiger partial charge is 0.491 e. The highest BCUT2D eigenvalue weighted by Gasteiger charge is 2.27. The number of amides is 2. The van der Waals surface area contributed by atoms with Crippen molar-refractivity contribution < 1.29 is 19.1 Å². The Bertz CT molecular complexity index is 735. The van der Waals surface area contributed by atoms with Crippen LogP contribution in [0.15, 0.2) is 18.2 Å². The van der Waals surface area contributed by atoms with E-state index in [1.807, 2.05) is 0 Å². The molecule has 0 bridgehead atoms. The van der Waals surface area contributed by atoms with Crippen molar-refractivity contribution in [3.63, 3.8) is 0 Å². The van der Waals surface area contributed by atoms with Crippen molar-refractivity contribution in [1.29, 1.82) is 0 Å². The molecule has 1 aromatic carbocycles. The second kappa shape index (κ2) is 9.59. The van der Waals surface area contributed by atoms with E-state index < -0.39 is 0 Å². The minimum absolute atomic E-state index is 0.0414. The topological polar surface area (TPSA) is 79.9 Å². The molecule has 29 heavy (non-hydrogen) atoms. The van der Waals surface area contributed by atoms with Gasteiger partial charge in [0.1, 0.15) is 12.4 Å². The smallest absolute Gasteiger partial charge is 0.257 e. The van der Waals surface area contributed by atoms with Gasteiger partial charge in [0.25, 0.3) is 5.91 Å². The molecule has 0 saturated heterocycles. The number of nitrogens with zero attached hydrogens (tertiary/aromatic N) is 1. The second-order valence-corrected chi connectivity index (χ2v) is 8.39.